The molecule has 2 aliphatic carbocycles. The van der Waals surface area contributed by atoms with E-state index < -0.39 is 17.7 Å². The Hall–Kier alpha value is -2.24. The first-order valence-corrected chi connectivity index (χ1v) is 8.81. The summed E-state index contributed by atoms with van der Waals surface area (Å²) in [6.45, 7) is 2.65. The molecular weight excluding hydrogens is 343 g/mol. The summed E-state index contributed by atoms with van der Waals surface area (Å²) in [6, 6.07) is 5.06. The van der Waals surface area contributed by atoms with E-state index in [1.165, 1.54) is 6.08 Å². The fourth-order valence-electron chi connectivity index (χ4n) is 4.22. The molecule has 26 heavy (non-hydrogen) atoms. The van der Waals surface area contributed by atoms with Gasteiger partial charge in [-0.1, -0.05) is 25.1 Å². The van der Waals surface area contributed by atoms with Gasteiger partial charge in [0, 0.05) is 24.2 Å². The molecule has 1 fully saturated rings. The highest BCUT2D eigenvalue weighted by molar-refractivity contribution is 5.88. The van der Waals surface area contributed by atoms with Gasteiger partial charge in [-0.25, -0.2) is 4.79 Å². The first-order valence-electron chi connectivity index (χ1n) is 8.81. The maximum atomic E-state index is 13.6. The summed E-state index contributed by atoms with van der Waals surface area (Å²) in [7, 11) is 0. The summed E-state index contributed by atoms with van der Waals surface area (Å²) >= 11 is 0. The SMILES string of the molecule is CC1C=C(C(F)(F)F)C(N2Cc3cc(C(=O)O)ccc3C3(CC3)C2)=CC1. The monoisotopic (exact) mass is 363 g/mol. The summed E-state index contributed by atoms with van der Waals surface area (Å²) in [6.07, 6.45) is 1.06. The third-order valence-electron chi connectivity index (χ3n) is 5.69. The van der Waals surface area contributed by atoms with E-state index in [0.29, 0.717) is 19.5 Å². The van der Waals surface area contributed by atoms with Crippen LogP contribution in [0.2, 0.25) is 0 Å². The second-order valence-corrected chi connectivity index (χ2v) is 7.69. The van der Waals surface area contributed by atoms with Crippen molar-refractivity contribution in [1.29, 1.82) is 0 Å². The van der Waals surface area contributed by atoms with Crippen LogP contribution in [0.5, 0.6) is 0 Å². The van der Waals surface area contributed by atoms with Crippen LogP contribution < -0.4 is 0 Å². The molecule has 6 heteroatoms. The number of carboxylic acid groups (broad SMARTS) is 1. The molecule has 0 amide bonds. The van der Waals surface area contributed by atoms with Crippen LogP contribution in [-0.4, -0.2) is 28.7 Å². The minimum Gasteiger partial charge on any atom is -0.478 e. The lowest BCUT2D eigenvalue weighted by atomic mass is 9.84. The van der Waals surface area contributed by atoms with Gasteiger partial charge in [0.25, 0.3) is 0 Å². The molecule has 1 spiro atoms. The topological polar surface area (TPSA) is 40.5 Å². The number of hydrogen-bond acceptors (Lipinski definition) is 2. The molecule has 0 bridgehead atoms. The van der Waals surface area contributed by atoms with E-state index in [2.05, 4.69) is 0 Å². The Morgan fingerprint density at radius 2 is 2.04 bits per heavy atom. The van der Waals surface area contributed by atoms with Gasteiger partial charge in [-0.15, -0.1) is 0 Å². The highest BCUT2D eigenvalue weighted by Crippen LogP contribution is 2.54. The lowest BCUT2D eigenvalue weighted by Crippen LogP contribution is -2.40. The van der Waals surface area contributed by atoms with Gasteiger partial charge in [0.05, 0.1) is 11.1 Å². The maximum Gasteiger partial charge on any atom is 0.418 e. The van der Waals surface area contributed by atoms with Gasteiger partial charge in [-0.05, 0) is 48.4 Å². The van der Waals surface area contributed by atoms with E-state index in [9.17, 15) is 23.1 Å². The Kier molecular flexibility index (Phi) is 3.72. The molecule has 3 aliphatic rings. The molecule has 3 nitrogen and oxygen atoms in total. The maximum absolute atomic E-state index is 13.6. The number of nitrogens with zero attached hydrogens (tertiary/aromatic N) is 1. The number of fused-ring (bicyclic) bond motifs is 2. The van der Waals surface area contributed by atoms with Crippen molar-refractivity contribution in [1.82, 2.24) is 4.90 Å². The van der Waals surface area contributed by atoms with Crippen molar-refractivity contribution in [2.24, 2.45) is 5.92 Å². The van der Waals surface area contributed by atoms with E-state index in [0.717, 1.165) is 24.0 Å². The minimum absolute atomic E-state index is 0.134. The van der Waals surface area contributed by atoms with Gasteiger partial charge in [-0.3, -0.25) is 0 Å². The summed E-state index contributed by atoms with van der Waals surface area (Å²) in [5.41, 5.74) is 1.65. The molecule has 1 heterocycles. The summed E-state index contributed by atoms with van der Waals surface area (Å²) < 4.78 is 40.7. The van der Waals surface area contributed by atoms with Crippen LogP contribution in [0.3, 0.4) is 0 Å². The van der Waals surface area contributed by atoms with Crippen molar-refractivity contribution in [3.8, 4) is 0 Å². The molecule has 1 unspecified atom stereocenters. The van der Waals surface area contributed by atoms with Crippen molar-refractivity contribution in [3.05, 3.63) is 58.3 Å². The number of benzene rings is 1. The van der Waals surface area contributed by atoms with E-state index in [1.54, 1.807) is 30.0 Å². The Balaban J connectivity index is 1.73. The number of rotatable bonds is 2. The fraction of sp³-hybridized carbons (Fsp3) is 0.450. The van der Waals surface area contributed by atoms with Crippen molar-refractivity contribution >= 4 is 5.97 Å². The molecule has 1 aromatic rings. The predicted octanol–water partition coefficient (Wildman–Crippen LogP) is 4.64. The summed E-state index contributed by atoms with van der Waals surface area (Å²) in [5.74, 6) is -1.16. The zero-order valence-electron chi connectivity index (χ0n) is 14.4. The van der Waals surface area contributed by atoms with Gasteiger partial charge in [0.1, 0.15) is 0 Å². The number of allylic oxidation sites excluding steroid dienone is 3. The molecule has 0 saturated heterocycles. The Morgan fingerprint density at radius 3 is 2.65 bits per heavy atom. The van der Waals surface area contributed by atoms with E-state index in [1.807, 2.05) is 6.07 Å². The lowest BCUT2D eigenvalue weighted by molar-refractivity contribution is -0.0926. The number of hydrogen-bond donors (Lipinski definition) is 1. The molecule has 1 saturated carbocycles. The largest absolute Gasteiger partial charge is 0.478 e. The molecule has 0 aromatic heterocycles. The van der Waals surface area contributed by atoms with Crippen LogP contribution >= 0.6 is 0 Å². The molecule has 1 atom stereocenters. The Labute approximate surface area is 149 Å². The predicted molar refractivity (Wildman–Crippen MR) is 90.7 cm³/mol. The summed E-state index contributed by atoms with van der Waals surface area (Å²) in [4.78, 5) is 13.1. The van der Waals surface area contributed by atoms with Gasteiger partial charge in [-0.2, -0.15) is 13.2 Å². The van der Waals surface area contributed by atoms with E-state index in [4.69, 9.17) is 0 Å². The van der Waals surface area contributed by atoms with E-state index in [-0.39, 0.29) is 22.6 Å². The van der Waals surface area contributed by atoms with Crippen LogP contribution in [0, 0.1) is 5.92 Å². The van der Waals surface area contributed by atoms with Crippen molar-refractivity contribution in [2.45, 2.75) is 44.3 Å². The zero-order chi connectivity index (χ0) is 18.7. The first kappa shape index (κ1) is 17.2. The first-order chi connectivity index (χ1) is 12.2. The molecule has 138 valence electrons. The summed E-state index contributed by atoms with van der Waals surface area (Å²) in [5, 5.41) is 9.24. The second kappa shape index (κ2) is 5.63. The average Bonchev–Trinajstić information content (AvgIpc) is 3.33. The van der Waals surface area contributed by atoms with Gasteiger partial charge < -0.3 is 10.0 Å². The fourth-order valence-corrected chi connectivity index (χ4v) is 4.22. The number of halogens is 3. The molecule has 1 N–H and O–H groups in total. The molecular formula is C20H20F3NO2. The third kappa shape index (κ3) is 2.81. The van der Waals surface area contributed by atoms with Crippen molar-refractivity contribution < 1.29 is 23.1 Å². The van der Waals surface area contributed by atoms with Crippen LogP contribution in [0.25, 0.3) is 0 Å². The average molecular weight is 363 g/mol. The lowest BCUT2D eigenvalue weighted by Gasteiger charge is -2.40. The second-order valence-electron chi connectivity index (χ2n) is 7.69. The van der Waals surface area contributed by atoms with Crippen molar-refractivity contribution in [3.63, 3.8) is 0 Å². The third-order valence-corrected chi connectivity index (χ3v) is 5.69. The normalized spacial score (nSPS) is 24.0. The van der Waals surface area contributed by atoms with Crippen LogP contribution in [-0.2, 0) is 12.0 Å². The number of alkyl halides is 3. The minimum atomic E-state index is -4.39. The van der Waals surface area contributed by atoms with E-state index >= 15 is 0 Å². The number of carboxylic acids is 1. The molecule has 1 aromatic carbocycles. The molecule has 4 rings (SSSR count). The Morgan fingerprint density at radius 1 is 1.31 bits per heavy atom. The van der Waals surface area contributed by atoms with Gasteiger partial charge >= 0.3 is 12.1 Å². The highest BCUT2D eigenvalue weighted by atomic mass is 19.4. The Bertz CT molecular complexity index is 834. The zero-order valence-corrected chi connectivity index (χ0v) is 14.4. The smallest absolute Gasteiger partial charge is 0.418 e. The van der Waals surface area contributed by atoms with Crippen molar-refractivity contribution in [2.75, 3.05) is 6.54 Å². The quantitative estimate of drug-likeness (QED) is 0.832. The number of carbonyl (C=O) groups is 1. The molecule has 1 aliphatic heterocycles. The van der Waals surface area contributed by atoms with Crippen LogP contribution in [0.4, 0.5) is 13.2 Å². The number of aromatic carboxylic acids is 1. The van der Waals surface area contributed by atoms with Crippen LogP contribution in [0.1, 0.15) is 47.7 Å². The van der Waals surface area contributed by atoms with Crippen LogP contribution in [0.15, 0.2) is 41.6 Å². The van der Waals surface area contributed by atoms with Gasteiger partial charge in [0.2, 0.25) is 0 Å². The standard InChI is InChI=1S/C20H20F3NO2/c1-12-2-5-17(16(8-12)20(21,22)23)24-10-14-9-13(18(25)26)3-4-15(14)19(11-24)6-7-19/h3-5,8-9,12H,2,6-7,10-11H2,1H3,(H,25,26). The van der Waals surface area contributed by atoms with Gasteiger partial charge in [0.15, 0.2) is 0 Å². The molecule has 0 radical (unpaired) electrons. The highest BCUT2D eigenvalue weighted by Gasteiger charge is 2.51.